The second-order valence-corrected chi connectivity index (χ2v) is 6.73. The quantitative estimate of drug-likeness (QED) is 0.900. The summed E-state index contributed by atoms with van der Waals surface area (Å²) in [7, 11) is 0. The summed E-state index contributed by atoms with van der Waals surface area (Å²) in [5.41, 5.74) is 0. The Morgan fingerprint density at radius 1 is 1.40 bits per heavy atom. The molecule has 0 spiro atoms. The van der Waals surface area contributed by atoms with E-state index in [0.29, 0.717) is 12.1 Å². The Bertz CT molecular complexity index is 412. The average Bonchev–Trinajstić information content (AvgIpc) is 3.12. The van der Waals surface area contributed by atoms with E-state index in [0.717, 1.165) is 44.4 Å². The highest BCUT2D eigenvalue weighted by atomic mass is 32.2. The van der Waals surface area contributed by atoms with Crippen molar-refractivity contribution < 1.29 is 9.15 Å². The molecule has 3 heterocycles. The molecule has 0 radical (unpaired) electrons. The molecule has 0 aromatic carbocycles. The van der Waals surface area contributed by atoms with Crippen molar-refractivity contribution in [1.82, 2.24) is 10.2 Å². The lowest BCUT2D eigenvalue weighted by Gasteiger charge is -2.34. The number of rotatable bonds is 5. The maximum atomic E-state index is 5.89. The number of ether oxygens (including phenoxy) is 1. The Labute approximate surface area is 125 Å². The lowest BCUT2D eigenvalue weighted by Crippen LogP contribution is -2.44. The van der Waals surface area contributed by atoms with Crippen molar-refractivity contribution in [3.63, 3.8) is 0 Å². The van der Waals surface area contributed by atoms with Gasteiger partial charge in [0.05, 0.1) is 19.3 Å². The van der Waals surface area contributed by atoms with E-state index in [1.807, 2.05) is 18.7 Å². The molecule has 112 valence electrons. The van der Waals surface area contributed by atoms with Gasteiger partial charge in [0.2, 0.25) is 0 Å². The minimum atomic E-state index is 0.332. The number of thioether (sulfide) groups is 1. The fourth-order valence-electron chi connectivity index (χ4n) is 2.91. The predicted molar refractivity (Wildman–Crippen MR) is 82.3 cm³/mol. The zero-order chi connectivity index (χ0) is 13.8. The molecule has 4 nitrogen and oxygen atoms in total. The fourth-order valence-corrected chi connectivity index (χ4v) is 4.09. The molecule has 0 amide bonds. The summed E-state index contributed by atoms with van der Waals surface area (Å²) < 4.78 is 11.4. The molecule has 2 fully saturated rings. The molecule has 2 aliphatic heterocycles. The van der Waals surface area contributed by atoms with Crippen LogP contribution in [0.3, 0.4) is 0 Å². The molecule has 1 aromatic rings. The topological polar surface area (TPSA) is 37.6 Å². The summed E-state index contributed by atoms with van der Waals surface area (Å²) in [5.74, 6) is 4.62. The molecule has 0 aliphatic carbocycles. The van der Waals surface area contributed by atoms with Gasteiger partial charge in [0, 0.05) is 31.4 Å². The largest absolute Gasteiger partial charge is 0.465 e. The monoisotopic (exact) mass is 296 g/mol. The molecule has 1 aromatic heterocycles. The van der Waals surface area contributed by atoms with Crippen molar-refractivity contribution in [1.29, 1.82) is 0 Å². The Kier molecular flexibility index (Phi) is 5.04. The van der Waals surface area contributed by atoms with Gasteiger partial charge >= 0.3 is 0 Å². The Morgan fingerprint density at radius 3 is 2.90 bits per heavy atom. The highest BCUT2D eigenvalue weighted by Gasteiger charge is 2.26. The van der Waals surface area contributed by atoms with Crippen LogP contribution in [0.15, 0.2) is 16.5 Å². The third-order valence-corrected chi connectivity index (χ3v) is 5.27. The minimum Gasteiger partial charge on any atom is -0.465 e. The average molecular weight is 296 g/mol. The lowest BCUT2D eigenvalue weighted by atomic mass is 10.1. The van der Waals surface area contributed by atoms with E-state index in [4.69, 9.17) is 9.15 Å². The predicted octanol–water partition coefficient (Wildman–Crippen LogP) is 2.06. The standard InChI is InChI=1S/C15H24N2O2S/c1-12-2-3-15(19-12)14(17-5-7-18-8-6-17)10-16-13-4-9-20-11-13/h2-3,13-14,16H,4-11H2,1H3. The van der Waals surface area contributed by atoms with Crippen LogP contribution in [0.5, 0.6) is 0 Å². The second-order valence-electron chi connectivity index (χ2n) is 5.58. The van der Waals surface area contributed by atoms with E-state index < -0.39 is 0 Å². The van der Waals surface area contributed by atoms with Crippen LogP contribution in [0.25, 0.3) is 0 Å². The summed E-state index contributed by atoms with van der Waals surface area (Å²) >= 11 is 2.05. The van der Waals surface area contributed by atoms with Gasteiger partial charge in [-0.1, -0.05) is 0 Å². The van der Waals surface area contributed by atoms with Gasteiger partial charge in [-0.05, 0) is 31.2 Å². The summed E-state index contributed by atoms with van der Waals surface area (Å²) in [6.07, 6.45) is 1.29. The van der Waals surface area contributed by atoms with Crippen LogP contribution in [0.1, 0.15) is 24.0 Å². The number of hydrogen-bond donors (Lipinski definition) is 1. The normalized spacial score (nSPS) is 25.9. The fraction of sp³-hybridized carbons (Fsp3) is 0.733. The Hall–Kier alpha value is -0.490. The van der Waals surface area contributed by atoms with E-state index >= 15 is 0 Å². The molecule has 0 bridgehead atoms. The SMILES string of the molecule is Cc1ccc(C(CNC2CCSC2)N2CCOCC2)o1. The van der Waals surface area contributed by atoms with Gasteiger partial charge in [0.1, 0.15) is 11.5 Å². The number of furan rings is 1. The first kappa shape index (κ1) is 14.4. The van der Waals surface area contributed by atoms with Gasteiger partial charge in [-0.2, -0.15) is 11.8 Å². The van der Waals surface area contributed by atoms with E-state index in [9.17, 15) is 0 Å². The van der Waals surface area contributed by atoms with Gasteiger partial charge in [-0.3, -0.25) is 4.90 Å². The van der Waals surface area contributed by atoms with Crippen molar-refractivity contribution in [3.8, 4) is 0 Å². The third-order valence-electron chi connectivity index (χ3n) is 4.11. The molecule has 2 unspecified atom stereocenters. The molecule has 2 atom stereocenters. The second kappa shape index (κ2) is 6.98. The van der Waals surface area contributed by atoms with Crippen LogP contribution in [0, 0.1) is 6.92 Å². The molecule has 2 aliphatic rings. The zero-order valence-corrected chi connectivity index (χ0v) is 13.0. The Morgan fingerprint density at radius 2 is 2.25 bits per heavy atom. The van der Waals surface area contributed by atoms with E-state index in [-0.39, 0.29) is 0 Å². The summed E-state index contributed by atoms with van der Waals surface area (Å²) in [6.45, 7) is 6.63. The zero-order valence-electron chi connectivity index (χ0n) is 12.1. The summed E-state index contributed by atoms with van der Waals surface area (Å²) in [4.78, 5) is 2.48. The molecule has 0 saturated carbocycles. The van der Waals surface area contributed by atoms with Gasteiger partial charge in [-0.25, -0.2) is 0 Å². The van der Waals surface area contributed by atoms with Crippen molar-refractivity contribution in [2.24, 2.45) is 0 Å². The minimum absolute atomic E-state index is 0.332. The maximum absolute atomic E-state index is 5.89. The van der Waals surface area contributed by atoms with Crippen LogP contribution in [-0.4, -0.2) is 55.3 Å². The van der Waals surface area contributed by atoms with Gasteiger partial charge in [-0.15, -0.1) is 0 Å². The molecular formula is C15H24N2O2S. The summed E-state index contributed by atoms with van der Waals surface area (Å²) in [5, 5.41) is 3.72. The maximum Gasteiger partial charge on any atom is 0.122 e. The number of nitrogens with zero attached hydrogens (tertiary/aromatic N) is 1. The van der Waals surface area contributed by atoms with E-state index in [2.05, 4.69) is 22.3 Å². The highest BCUT2D eigenvalue weighted by molar-refractivity contribution is 7.99. The molecule has 1 N–H and O–H groups in total. The highest BCUT2D eigenvalue weighted by Crippen LogP contribution is 2.24. The van der Waals surface area contributed by atoms with Gasteiger partial charge in [0.15, 0.2) is 0 Å². The third kappa shape index (κ3) is 3.58. The molecule has 5 heteroatoms. The van der Waals surface area contributed by atoms with Gasteiger partial charge < -0.3 is 14.5 Å². The summed E-state index contributed by atoms with van der Waals surface area (Å²) in [6, 6.07) is 5.19. The number of morpholine rings is 1. The number of aryl methyl sites for hydroxylation is 1. The molecule has 20 heavy (non-hydrogen) atoms. The first-order valence-corrected chi connectivity index (χ1v) is 8.67. The van der Waals surface area contributed by atoms with Crippen LogP contribution < -0.4 is 5.32 Å². The molecular weight excluding hydrogens is 272 g/mol. The molecule has 2 saturated heterocycles. The molecule has 3 rings (SSSR count). The van der Waals surface area contributed by atoms with Crippen molar-refractivity contribution >= 4 is 11.8 Å². The first-order valence-electron chi connectivity index (χ1n) is 7.52. The van der Waals surface area contributed by atoms with Crippen LogP contribution in [0.2, 0.25) is 0 Å². The van der Waals surface area contributed by atoms with E-state index in [1.54, 1.807) is 0 Å². The number of nitrogens with one attached hydrogen (secondary N) is 1. The lowest BCUT2D eigenvalue weighted by molar-refractivity contribution is 0.0111. The van der Waals surface area contributed by atoms with Gasteiger partial charge in [0.25, 0.3) is 0 Å². The Balaban J connectivity index is 1.65. The van der Waals surface area contributed by atoms with Crippen LogP contribution >= 0.6 is 11.8 Å². The van der Waals surface area contributed by atoms with Crippen LogP contribution in [-0.2, 0) is 4.74 Å². The number of hydrogen-bond acceptors (Lipinski definition) is 5. The first-order chi connectivity index (χ1) is 9.83. The van der Waals surface area contributed by atoms with Crippen LogP contribution in [0.4, 0.5) is 0 Å². The van der Waals surface area contributed by atoms with Crippen molar-refractivity contribution in [2.75, 3.05) is 44.4 Å². The van der Waals surface area contributed by atoms with Crippen molar-refractivity contribution in [3.05, 3.63) is 23.7 Å². The van der Waals surface area contributed by atoms with Crippen molar-refractivity contribution in [2.45, 2.75) is 25.4 Å². The smallest absolute Gasteiger partial charge is 0.122 e. The van der Waals surface area contributed by atoms with E-state index in [1.165, 1.54) is 17.9 Å².